The first kappa shape index (κ1) is 22.1. The monoisotopic (exact) mass is 438 g/mol. The smallest absolute Gasteiger partial charge is 0.339 e. The molecule has 2 aromatic carbocycles. The molecule has 0 N–H and O–H groups in total. The maximum absolute atomic E-state index is 13.0. The van der Waals surface area contributed by atoms with Gasteiger partial charge in [0.25, 0.3) is 5.91 Å². The van der Waals surface area contributed by atoms with Crippen molar-refractivity contribution in [1.82, 2.24) is 9.88 Å². The number of likely N-dealkylation sites (tertiary alicyclic amines) is 1. The van der Waals surface area contributed by atoms with E-state index < -0.39 is 11.7 Å². The molecule has 2 heterocycles. The molecule has 166 valence electrons. The molecular weight excluding hydrogens is 413 g/mol. The molecule has 3 nitrogen and oxygen atoms in total. The molecule has 1 aromatic heterocycles. The molecule has 32 heavy (non-hydrogen) atoms. The second-order valence-corrected chi connectivity index (χ2v) is 8.26. The first-order chi connectivity index (χ1) is 15.4. The van der Waals surface area contributed by atoms with Crippen molar-refractivity contribution in [2.75, 3.05) is 13.1 Å². The number of amides is 1. The van der Waals surface area contributed by atoms with E-state index in [-0.39, 0.29) is 5.91 Å². The number of pyridine rings is 1. The first-order valence-corrected chi connectivity index (χ1v) is 10.9. The van der Waals surface area contributed by atoms with E-state index in [2.05, 4.69) is 4.98 Å². The third-order valence-corrected chi connectivity index (χ3v) is 5.75. The molecule has 0 radical (unpaired) electrons. The largest absolute Gasteiger partial charge is 0.416 e. The van der Waals surface area contributed by atoms with Gasteiger partial charge in [-0.05, 0) is 72.7 Å². The lowest BCUT2D eigenvalue weighted by Gasteiger charge is -2.26. The molecule has 0 spiro atoms. The fraction of sp³-hybridized carbons (Fsp3) is 0.308. The zero-order chi connectivity index (χ0) is 22.6. The van der Waals surface area contributed by atoms with Crippen LogP contribution in [0.1, 0.15) is 57.6 Å². The number of alkyl halides is 3. The maximum atomic E-state index is 13.0. The summed E-state index contributed by atoms with van der Waals surface area (Å²) < 4.78 is 39.0. The predicted molar refractivity (Wildman–Crippen MR) is 117 cm³/mol. The molecule has 0 saturated carbocycles. The Hall–Kier alpha value is -3.15. The number of carbonyl (C=O) groups is 1. The summed E-state index contributed by atoms with van der Waals surface area (Å²) in [7, 11) is 0. The lowest BCUT2D eigenvalue weighted by Crippen LogP contribution is -2.35. The molecule has 3 aromatic rings. The fourth-order valence-corrected chi connectivity index (χ4v) is 4.13. The van der Waals surface area contributed by atoms with Crippen LogP contribution in [0.5, 0.6) is 0 Å². The standard InChI is InChI=1S/C26H25F3N2O/c27-26(28,29)23-9-5-7-19(16-23)14-21-10-11-30-24(18-21)17-20-6-4-8-22(15-20)25(32)31-12-2-1-3-13-31/h4-11,15-16,18H,1-3,12-14,17H2. The number of hydrogen-bond donors (Lipinski definition) is 0. The summed E-state index contributed by atoms with van der Waals surface area (Å²) in [6.07, 6.45) is 1.55. The van der Waals surface area contributed by atoms with Gasteiger partial charge in [-0.3, -0.25) is 9.78 Å². The number of hydrogen-bond acceptors (Lipinski definition) is 2. The van der Waals surface area contributed by atoms with E-state index in [1.165, 1.54) is 18.6 Å². The molecule has 0 aliphatic carbocycles. The Kier molecular flexibility index (Phi) is 6.58. The second-order valence-electron chi connectivity index (χ2n) is 8.26. The summed E-state index contributed by atoms with van der Waals surface area (Å²) >= 11 is 0. The molecule has 1 amide bonds. The van der Waals surface area contributed by atoms with Crippen LogP contribution in [0.4, 0.5) is 13.2 Å². The van der Waals surface area contributed by atoms with Crippen LogP contribution >= 0.6 is 0 Å². The minimum Gasteiger partial charge on any atom is -0.339 e. The third-order valence-electron chi connectivity index (χ3n) is 5.75. The van der Waals surface area contributed by atoms with Gasteiger partial charge in [-0.15, -0.1) is 0 Å². The predicted octanol–water partition coefficient (Wildman–Crippen LogP) is 5.91. The summed E-state index contributed by atoms with van der Waals surface area (Å²) in [5, 5.41) is 0. The van der Waals surface area contributed by atoms with Gasteiger partial charge in [0.2, 0.25) is 0 Å². The molecular formula is C26H25F3N2O. The average Bonchev–Trinajstić information content (AvgIpc) is 2.79. The minimum atomic E-state index is -4.35. The van der Waals surface area contributed by atoms with Gasteiger partial charge in [-0.2, -0.15) is 13.2 Å². The molecule has 0 bridgehead atoms. The van der Waals surface area contributed by atoms with Crippen molar-refractivity contribution in [2.24, 2.45) is 0 Å². The number of benzene rings is 2. The van der Waals surface area contributed by atoms with Crippen molar-refractivity contribution in [1.29, 1.82) is 0 Å². The quantitative estimate of drug-likeness (QED) is 0.496. The van der Waals surface area contributed by atoms with Gasteiger partial charge >= 0.3 is 6.18 Å². The molecule has 0 unspecified atom stereocenters. The Morgan fingerprint density at radius 1 is 0.844 bits per heavy atom. The van der Waals surface area contributed by atoms with Gasteiger partial charge < -0.3 is 4.90 Å². The van der Waals surface area contributed by atoms with E-state index in [1.807, 2.05) is 41.3 Å². The van der Waals surface area contributed by atoms with E-state index in [9.17, 15) is 18.0 Å². The van der Waals surface area contributed by atoms with E-state index in [0.717, 1.165) is 48.8 Å². The van der Waals surface area contributed by atoms with Crippen molar-refractivity contribution in [3.05, 3.63) is 100 Å². The van der Waals surface area contributed by atoms with Crippen molar-refractivity contribution >= 4 is 5.91 Å². The highest BCUT2D eigenvalue weighted by Crippen LogP contribution is 2.30. The maximum Gasteiger partial charge on any atom is 0.416 e. The minimum absolute atomic E-state index is 0.0674. The first-order valence-electron chi connectivity index (χ1n) is 10.9. The summed E-state index contributed by atoms with van der Waals surface area (Å²) in [6.45, 7) is 1.62. The zero-order valence-corrected chi connectivity index (χ0v) is 17.7. The highest BCUT2D eigenvalue weighted by Gasteiger charge is 2.30. The summed E-state index contributed by atoms with van der Waals surface area (Å²) in [6, 6.07) is 16.8. The zero-order valence-electron chi connectivity index (χ0n) is 17.7. The second kappa shape index (κ2) is 9.55. The van der Waals surface area contributed by atoms with Crippen LogP contribution in [0.15, 0.2) is 66.9 Å². The van der Waals surface area contributed by atoms with Gasteiger partial charge in [-0.25, -0.2) is 0 Å². The molecule has 0 atom stereocenters. The van der Waals surface area contributed by atoms with Crippen molar-refractivity contribution in [3.63, 3.8) is 0 Å². The van der Waals surface area contributed by atoms with E-state index in [0.29, 0.717) is 24.0 Å². The third kappa shape index (κ3) is 5.55. The summed E-state index contributed by atoms with van der Waals surface area (Å²) in [5.41, 5.74) is 3.35. The molecule has 1 aliphatic heterocycles. The van der Waals surface area contributed by atoms with E-state index in [1.54, 1.807) is 12.3 Å². The number of nitrogens with zero attached hydrogens (tertiary/aromatic N) is 2. The average molecular weight is 438 g/mol. The van der Waals surface area contributed by atoms with Crippen LogP contribution in [0, 0.1) is 0 Å². The number of rotatable bonds is 5. The lowest BCUT2D eigenvalue weighted by atomic mass is 10.0. The highest BCUT2D eigenvalue weighted by molar-refractivity contribution is 5.94. The van der Waals surface area contributed by atoms with Crippen LogP contribution < -0.4 is 0 Å². The number of halogens is 3. The fourth-order valence-electron chi connectivity index (χ4n) is 4.13. The number of piperidine rings is 1. The normalized spacial score (nSPS) is 14.4. The van der Waals surface area contributed by atoms with Crippen molar-refractivity contribution in [3.8, 4) is 0 Å². The molecule has 1 saturated heterocycles. The van der Waals surface area contributed by atoms with E-state index in [4.69, 9.17) is 0 Å². The van der Waals surface area contributed by atoms with Crippen LogP contribution in [-0.2, 0) is 19.0 Å². The van der Waals surface area contributed by atoms with Crippen molar-refractivity contribution in [2.45, 2.75) is 38.3 Å². The summed E-state index contributed by atoms with van der Waals surface area (Å²) in [5.74, 6) is 0.0674. The molecule has 1 aliphatic rings. The van der Waals surface area contributed by atoms with Crippen LogP contribution in [0.25, 0.3) is 0 Å². The van der Waals surface area contributed by atoms with Crippen LogP contribution in [0.3, 0.4) is 0 Å². The Morgan fingerprint density at radius 2 is 1.53 bits per heavy atom. The molecule has 4 rings (SSSR count). The van der Waals surface area contributed by atoms with Gasteiger partial charge in [-0.1, -0.05) is 30.3 Å². The Morgan fingerprint density at radius 3 is 2.28 bits per heavy atom. The number of aromatic nitrogens is 1. The summed E-state index contributed by atoms with van der Waals surface area (Å²) in [4.78, 5) is 19.1. The van der Waals surface area contributed by atoms with Gasteiger partial charge in [0, 0.05) is 37.0 Å². The van der Waals surface area contributed by atoms with Crippen LogP contribution in [0.2, 0.25) is 0 Å². The van der Waals surface area contributed by atoms with Gasteiger partial charge in [0.1, 0.15) is 0 Å². The SMILES string of the molecule is O=C(c1cccc(Cc2cc(Cc3cccc(C(F)(F)F)c3)ccn2)c1)N1CCCCC1. The lowest BCUT2D eigenvalue weighted by molar-refractivity contribution is -0.137. The Labute approximate surface area is 185 Å². The van der Waals surface area contributed by atoms with E-state index >= 15 is 0 Å². The molecule has 6 heteroatoms. The molecule has 1 fully saturated rings. The highest BCUT2D eigenvalue weighted by atomic mass is 19.4. The van der Waals surface area contributed by atoms with Crippen LogP contribution in [-0.4, -0.2) is 28.9 Å². The van der Waals surface area contributed by atoms with Gasteiger partial charge in [0.05, 0.1) is 5.56 Å². The Balaban J connectivity index is 1.47. The topological polar surface area (TPSA) is 33.2 Å². The van der Waals surface area contributed by atoms with Gasteiger partial charge in [0.15, 0.2) is 0 Å². The van der Waals surface area contributed by atoms with Crippen molar-refractivity contribution < 1.29 is 18.0 Å². The number of carbonyl (C=O) groups excluding carboxylic acids is 1. The Bertz CT molecular complexity index is 1090.